The van der Waals surface area contributed by atoms with Gasteiger partial charge in [0, 0.05) is 26.7 Å². The van der Waals surface area contributed by atoms with E-state index in [4.69, 9.17) is 4.74 Å². The maximum absolute atomic E-state index is 12.7. The molecule has 1 aliphatic rings. The number of guanidine groups is 1. The lowest BCUT2D eigenvalue weighted by Crippen LogP contribution is -2.42. The number of rotatable bonds is 8. The number of para-hydroxylation sites is 1. The highest BCUT2D eigenvalue weighted by Crippen LogP contribution is 2.29. The van der Waals surface area contributed by atoms with Crippen LogP contribution in [-0.4, -0.2) is 59.0 Å². The minimum atomic E-state index is -3.37. The normalized spacial score (nSPS) is 14.5. The van der Waals surface area contributed by atoms with Crippen LogP contribution in [0.3, 0.4) is 0 Å². The molecule has 1 aromatic carbocycles. The van der Waals surface area contributed by atoms with Crippen molar-refractivity contribution < 1.29 is 13.2 Å². The zero-order valence-corrected chi connectivity index (χ0v) is 19.6. The Hall–Kier alpha value is -1.07. The molecule has 1 aliphatic heterocycles. The molecule has 9 heteroatoms. The fourth-order valence-corrected chi connectivity index (χ4v) is 4.11. The minimum absolute atomic E-state index is 0. The van der Waals surface area contributed by atoms with Crippen LogP contribution in [0.5, 0.6) is 0 Å². The van der Waals surface area contributed by atoms with E-state index >= 15 is 0 Å². The molecule has 0 atom stereocenters. The first-order valence-electron chi connectivity index (χ1n) is 8.95. The number of benzene rings is 1. The molecular weight excluding hydrogens is 479 g/mol. The van der Waals surface area contributed by atoms with Gasteiger partial charge in [-0.3, -0.25) is 9.30 Å². The molecule has 0 aromatic heterocycles. The van der Waals surface area contributed by atoms with E-state index in [9.17, 15) is 8.42 Å². The van der Waals surface area contributed by atoms with Crippen LogP contribution >= 0.6 is 24.0 Å². The third-order valence-electron chi connectivity index (χ3n) is 4.35. The number of sulfonamides is 1. The molecule has 7 nitrogen and oxygen atoms in total. The van der Waals surface area contributed by atoms with Crippen molar-refractivity contribution in [1.82, 2.24) is 10.6 Å². The van der Waals surface area contributed by atoms with Gasteiger partial charge in [-0.2, -0.15) is 0 Å². The Bertz CT molecular complexity index is 738. The van der Waals surface area contributed by atoms with Crippen molar-refractivity contribution >= 4 is 45.6 Å². The van der Waals surface area contributed by atoms with E-state index in [-0.39, 0.29) is 35.3 Å². The van der Waals surface area contributed by atoms with Gasteiger partial charge in [-0.25, -0.2) is 8.42 Å². The zero-order valence-electron chi connectivity index (χ0n) is 16.5. The Morgan fingerprint density at radius 1 is 1.30 bits per heavy atom. The average molecular weight is 510 g/mol. The van der Waals surface area contributed by atoms with Gasteiger partial charge in [-0.05, 0) is 38.8 Å². The Morgan fingerprint density at radius 3 is 2.67 bits per heavy atom. The number of nitrogens with zero attached hydrogens (tertiary/aromatic N) is 2. The number of aliphatic imine (C=N–C) groups is 1. The summed E-state index contributed by atoms with van der Waals surface area (Å²) in [6.45, 7) is 7.86. The van der Waals surface area contributed by atoms with E-state index in [1.807, 2.05) is 45.0 Å². The number of nitrogens with one attached hydrogen (secondary N) is 2. The molecule has 1 heterocycles. The molecule has 0 bridgehead atoms. The minimum Gasteiger partial charge on any atom is -0.377 e. The van der Waals surface area contributed by atoms with Crippen LogP contribution < -0.4 is 14.9 Å². The summed E-state index contributed by atoms with van der Waals surface area (Å²) in [6, 6.07) is 7.66. The van der Waals surface area contributed by atoms with Crippen molar-refractivity contribution in [2.24, 2.45) is 4.99 Å². The maximum atomic E-state index is 12.7. The van der Waals surface area contributed by atoms with Crippen molar-refractivity contribution in [1.29, 1.82) is 0 Å². The first-order chi connectivity index (χ1) is 12.3. The number of methoxy groups -OCH3 is 1. The second-order valence-electron chi connectivity index (χ2n) is 6.85. The van der Waals surface area contributed by atoms with E-state index in [1.165, 1.54) is 4.31 Å². The van der Waals surface area contributed by atoms with Gasteiger partial charge in [0.05, 0.1) is 23.6 Å². The van der Waals surface area contributed by atoms with Gasteiger partial charge in [-0.15, -0.1) is 24.0 Å². The van der Waals surface area contributed by atoms with Crippen molar-refractivity contribution in [2.75, 3.05) is 43.3 Å². The topological polar surface area (TPSA) is 83.0 Å². The van der Waals surface area contributed by atoms with Gasteiger partial charge in [0.25, 0.3) is 0 Å². The van der Waals surface area contributed by atoms with E-state index in [2.05, 4.69) is 15.6 Å². The molecule has 0 saturated heterocycles. The molecule has 0 spiro atoms. The fourth-order valence-electron chi connectivity index (χ4n) is 2.68. The number of ether oxygens (including phenoxy) is 1. The highest BCUT2D eigenvalue weighted by molar-refractivity contribution is 14.0. The number of halogens is 1. The van der Waals surface area contributed by atoms with Crippen molar-refractivity contribution in [3.05, 3.63) is 29.8 Å². The molecule has 0 aliphatic carbocycles. The molecule has 2 rings (SSSR count). The van der Waals surface area contributed by atoms with Gasteiger partial charge in [-0.1, -0.05) is 18.2 Å². The smallest absolute Gasteiger partial charge is 0.236 e. The summed E-state index contributed by atoms with van der Waals surface area (Å²) < 4.78 is 32.3. The van der Waals surface area contributed by atoms with E-state index in [0.717, 1.165) is 17.7 Å². The first kappa shape index (κ1) is 24.0. The summed E-state index contributed by atoms with van der Waals surface area (Å²) in [7, 11) is -1.72. The SMILES string of the molecule is CCNC(=NCC(C)(C)OC)NCCS(=O)(=O)N1CCc2ccccc21.I. The molecular formula is C18H31IN4O3S. The van der Waals surface area contributed by atoms with E-state index in [0.29, 0.717) is 32.1 Å². The number of fused-ring (bicyclic) bond motifs is 1. The molecule has 27 heavy (non-hydrogen) atoms. The Kier molecular flexibility index (Phi) is 9.29. The third kappa shape index (κ3) is 6.79. The van der Waals surface area contributed by atoms with Gasteiger partial charge >= 0.3 is 0 Å². The molecule has 0 unspecified atom stereocenters. The Labute approximate surface area is 180 Å². The van der Waals surface area contributed by atoms with Crippen molar-refractivity contribution in [3.8, 4) is 0 Å². The van der Waals surface area contributed by atoms with Gasteiger partial charge in [0.1, 0.15) is 0 Å². The van der Waals surface area contributed by atoms with Gasteiger partial charge in [0.15, 0.2) is 5.96 Å². The number of hydrogen-bond acceptors (Lipinski definition) is 4. The molecule has 0 radical (unpaired) electrons. The standard InChI is InChI=1S/C18H30N4O3S.HI/c1-5-19-17(21-14-18(2,3)25-4)20-11-13-26(23,24)22-12-10-15-8-6-7-9-16(15)22;/h6-9H,5,10-14H2,1-4H3,(H2,19,20,21);1H. The monoisotopic (exact) mass is 510 g/mol. The second kappa shape index (κ2) is 10.5. The van der Waals surface area contributed by atoms with E-state index in [1.54, 1.807) is 7.11 Å². The number of hydrogen-bond donors (Lipinski definition) is 2. The van der Waals surface area contributed by atoms with E-state index < -0.39 is 10.0 Å². The fraction of sp³-hybridized carbons (Fsp3) is 0.611. The highest BCUT2D eigenvalue weighted by Gasteiger charge is 2.28. The molecule has 0 saturated carbocycles. The summed E-state index contributed by atoms with van der Waals surface area (Å²) in [4.78, 5) is 4.47. The number of anilines is 1. The summed E-state index contributed by atoms with van der Waals surface area (Å²) in [6.07, 6.45) is 0.763. The molecule has 154 valence electrons. The lowest BCUT2D eigenvalue weighted by Gasteiger charge is -2.22. The molecule has 2 N–H and O–H groups in total. The summed E-state index contributed by atoms with van der Waals surface area (Å²) in [5.74, 6) is 0.606. The molecule has 0 amide bonds. The van der Waals surface area contributed by atoms with Crippen LogP contribution in [0.4, 0.5) is 5.69 Å². The van der Waals surface area contributed by atoms with Crippen LogP contribution in [0, 0.1) is 0 Å². The van der Waals surface area contributed by atoms with Gasteiger partial charge in [0.2, 0.25) is 10.0 Å². The maximum Gasteiger partial charge on any atom is 0.236 e. The van der Waals surface area contributed by atoms with Crippen LogP contribution in [0.25, 0.3) is 0 Å². The van der Waals surface area contributed by atoms with Crippen LogP contribution in [0.15, 0.2) is 29.3 Å². The van der Waals surface area contributed by atoms with Crippen molar-refractivity contribution in [2.45, 2.75) is 32.8 Å². The summed E-state index contributed by atoms with van der Waals surface area (Å²) in [5, 5.41) is 6.22. The van der Waals surface area contributed by atoms with Crippen LogP contribution in [-0.2, 0) is 21.2 Å². The molecule has 1 aromatic rings. The van der Waals surface area contributed by atoms with Crippen LogP contribution in [0.1, 0.15) is 26.3 Å². The van der Waals surface area contributed by atoms with Crippen LogP contribution in [0.2, 0.25) is 0 Å². The van der Waals surface area contributed by atoms with Gasteiger partial charge < -0.3 is 15.4 Å². The lowest BCUT2D eigenvalue weighted by atomic mass is 10.1. The Balaban J connectivity index is 0.00000364. The molecule has 0 fully saturated rings. The predicted molar refractivity (Wildman–Crippen MR) is 122 cm³/mol. The first-order valence-corrected chi connectivity index (χ1v) is 10.6. The zero-order chi connectivity index (χ0) is 19.2. The lowest BCUT2D eigenvalue weighted by molar-refractivity contribution is 0.0310. The summed E-state index contributed by atoms with van der Waals surface area (Å²) in [5.41, 5.74) is 1.52. The highest BCUT2D eigenvalue weighted by atomic mass is 127. The largest absolute Gasteiger partial charge is 0.377 e. The predicted octanol–water partition coefficient (Wildman–Crippen LogP) is 1.98. The van der Waals surface area contributed by atoms with Crippen molar-refractivity contribution in [3.63, 3.8) is 0 Å². The second-order valence-corrected chi connectivity index (χ2v) is 8.87. The quantitative estimate of drug-likeness (QED) is 0.318. The Morgan fingerprint density at radius 2 is 2.00 bits per heavy atom. The average Bonchev–Trinajstić information content (AvgIpc) is 3.04. The summed E-state index contributed by atoms with van der Waals surface area (Å²) >= 11 is 0. The third-order valence-corrected chi connectivity index (χ3v) is 6.12.